The summed E-state index contributed by atoms with van der Waals surface area (Å²) in [6.45, 7) is 5.00. The Morgan fingerprint density at radius 1 is 1.14 bits per heavy atom. The first-order valence-electron chi connectivity index (χ1n) is 10.1. The zero-order valence-electron chi connectivity index (χ0n) is 16.7. The zero-order valence-corrected chi connectivity index (χ0v) is 16.7. The van der Waals surface area contributed by atoms with Crippen LogP contribution in [0.5, 0.6) is 0 Å². The summed E-state index contributed by atoms with van der Waals surface area (Å²) in [4.78, 5) is 31.5. The second-order valence-corrected chi connectivity index (χ2v) is 7.65. The summed E-state index contributed by atoms with van der Waals surface area (Å²) in [7, 11) is 0. The highest BCUT2D eigenvalue weighted by Crippen LogP contribution is 2.19. The molecular formula is C23H26N4O2. The molecular weight excluding hydrogens is 364 g/mol. The van der Waals surface area contributed by atoms with Gasteiger partial charge in [-0.1, -0.05) is 36.4 Å². The summed E-state index contributed by atoms with van der Waals surface area (Å²) in [6, 6.07) is 16.1. The van der Waals surface area contributed by atoms with E-state index in [2.05, 4.69) is 46.4 Å². The summed E-state index contributed by atoms with van der Waals surface area (Å²) in [5.41, 5.74) is 3.37. The fraction of sp³-hybridized carbons (Fsp3) is 0.348. The van der Waals surface area contributed by atoms with Crippen molar-refractivity contribution < 1.29 is 4.79 Å². The van der Waals surface area contributed by atoms with E-state index in [1.54, 1.807) is 6.07 Å². The summed E-state index contributed by atoms with van der Waals surface area (Å²) in [6.07, 6.45) is 2.83. The molecule has 29 heavy (non-hydrogen) atoms. The Bertz CT molecular complexity index is 1080. The Labute approximate surface area is 170 Å². The number of amides is 1. The van der Waals surface area contributed by atoms with Gasteiger partial charge in [0.2, 0.25) is 5.91 Å². The minimum absolute atomic E-state index is 0.0469. The molecule has 0 aliphatic carbocycles. The number of para-hydroxylation sites is 1. The van der Waals surface area contributed by atoms with Crippen LogP contribution in [0.25, 0.3) is 10.9 Å². The Balaban J connectivity index is 1.28. The molecule has 1 aliphatic heterocycles. The average Bonchev–Trinajstić information content (AvgIpc) is 2.77. The largest absolute Gasteiger partial charge is 0.354 e. The van der Waals surface area contributed by atoms with Crippen LogP contribution in [0.15, 0.2) is 59.7 Å². The molecule has 6 heteroatoms. The molecule has 0 radical (unpaired) electrons. The zero-order chi connectivity index (χ0) is 20.2. The number of carbonyl (C=O) groups excluding carboxylic acids is 1. The van der Waals surface area contributed by atoms with Crippen molar-refractivity contribution in [1.29, 1.82) is 0 Å². The topological polar surface area (TPSA) is 67.2 Å². The normalized spacial score (nSPS) is 15.1. The van der Waals surface area contributed by atoms with E-state index in [1.807, 2.05) is 18.2 Å². The van der Waals surface area contributed by atoms with Crippen LogP contribution in [-0.2, 0) is 24.3 Å². The molecule has 0 fully saturated rings. The van der Waals surface area contributed by atoms with Gasteiger partial charge in [-0.3, -0.25) is 19.1 Å². The second kappa shape index (κ2) is 8.57. The molecule has 1 atom stereocenters. The molecule has 0 bridgehead atoms. The number of hydrogen-bond donors (Lipinski definition) is 1. The van der Waals surface area contributed by atoms with Gasteiger partial charge in [-0.05, 0) is 36.6 Å². The second-order valence-electron chi connectivity index (χ2n) is 7.65. The van der Waals surface area contributed by atoms with Crippen molar-refractivity contribution in [3.05, 3.63) is 76.3 Å². The smallest absolute Gasteiger partial charge is 0.261 e. The fourth-order valence-electron chi connectivity index (χ4n) is 3.86. The van der Waals surface area contributed by atoms with Crippen molar-refractivity contribution in [1.82, 2.24) is 19.8 Å². The maximum Gasteiger partial charge on any atom is 0.261 e. The molecule has 3 aromatic rings. The number of fused-ring (bicyclic) bond motifs is 2. The van der Waals surface area contributed by atoms with E-state index in [9.17, 15) is 9.59 Å². The molecule has 150 valence electrons. The highest BCUT2D eigenvalue weighted by atomic mass is 16.1. The number of hydrogen-bond acceptors (Lipinski definition) is 4. The van der Waals surface area contributed by atoms with E-state index in [0.717, 1.165) is 19.5 Å². The van der Waals surface area contributed by atoms with Gasteiger partial charge in [0.25, 0.3) is 5.56 Å². The molecule has 0 saturated carbocycles. The van der Waals surface area contributed by atoms with Crippen LogP contribution in [0.4, 0.5) is 0 Å². The number of nitrogens with zero attached hydrogens (tertiary/aromatic N) is 3. The number of nitrogens with one attached hydrogen (secondary N) is 1. The Kier molecular flexibility index (Phi) is 5.71. The lowest BCUT2D eigenvalue weighted by atomic mass is 9.99. The van der Waals surface area contributed by atoms with Gasteiger partial charge in [0.05, 0.1) is 17.2 Å². The standard InChI is InChI=1S/C23H26N4O2/c1-17(26-12-10-18-6-2-3-7-19(18)15-26)14-24-22(28)11-13-27-16-25-21-9-5-4-8-20(21)23(27)29/h2-9,16-17H,10-15H2,1H3,(H,24,28). The summed E-state index contributed by atoms with van der Waals surface area (Å²) in [5, 5.41) is 3.59. The monoisotopic (exact) mass is 390 g/mol. The maximum atomic E-state index is 12.5. The predicted octanol–water partition coefficient (Wildman–Crippen LogP) is 2.35. The van der Waals surface area contributed by atoms with Crippen LogP contribution in [0.3, 0.4) is 0 Å². The van der Waals surface area contributed by atoms with Gasteiger partial charge >= 0.3 is 0 Å². The van der Waals surface area contributed by atoms with Gasteiger partial charge in [-0.15, -0.1) is 0 Å². The number of carbonyl (C=O) groups is 1. The molecule has 4 rings (SSSR count). The lowest BCUT2D eigenvalue weighted by Crippen LogP contribution is -2.44. The van der Waals surface area contributed by atoms with Gasteiger partial charge in [-0.2, -0.15) is 0 Å². The van der Waals surface area contributed by atoms with Crippen molar-refractivity contribution in [2.24, 2.45) is 0 Å². The highest BCUT2D eigenvalue weighted by Gasteiger charge is 2.20. The molecule has 1 amide bonds. The lowest BCUT2D eigenvalue weighted by Gasteiger charge is -2.33. The van der Waals surface area contributed by atoms with Gasteiger partial charge < -0.3 is 5.32 Å². The minimum atomic E-state index is -0.108. The molecule has 6 nitrogen and oxygen atoms in total. The number of aryl methyl sites for hydroxylation is 1. The van der Waals surface area contributed by atoms with Crippen LogP contribution >= 0.6 is 0 Å². The van der Waals surface area contributed by atoms with Crippen molar-refractivity contribution >= 4 is 16.8 Å². The first-order chi connectivity index (χ1) is 14.1. The van der Waals surface area contributed by atoms with Crippen LogP contribution in [0.1, 0.15) is 24.5 Å². The number of rotatable bonds is 6. The fourth-order valence-corrected chi connectivity index (χ4v) is 3.86. The van der Waals surface area contributed by atoms with Gasteiger partial charge in [-0.25, -0.2) is 4.98 Å². The quantitative estimate of drug-likeness (QED) is 0.702. The first kappa shape index (κ1) is 19.3. The Morgan fingerprint density at radius 3 is 2.76 bits per heavy atom. The van der Waals surface area contributed by atoms with Gasteiger partial charge in [0.15, 0.2) is 0 Å². The van der Waals surface area contributed by atoms with E-state index >= 15 is 0 Å². The van der Waals surface area contributed by atoms with Crippen LogP contribution < -0.4 is 10.9 Å². The van der Waals surface area contributed by atoms with E-state index in [-0.39, 0.29) is 23.9 Å². The Morgan fingerprint density at radius 2 is 1.90 bits per heavy atom. The molecule has 1 aromatic heterocycles. The highest BCUT2D eigenvalue weighted by molar-refractivity contribution is 5.77. The minimum Gasteiger partial charge on any atom is -0.354 e. The third-order valence-electron chi connectivity index (χ3n) is 5.69. The molecule has 1 aliphatic rings. The Hall–Kier alpha value is -2.99. The average molecular weight is 390 g/mol. The third-order valence-corrected chi connectivity index (χ3v) is 5.69. The lowest BCUT2D eigenvalue weighted by molar-refractivity contribution is -0.121. The summed E-state index contributed by atoms with van der Waals surface area (Å²) >= 11 is 0. The van der Waals surface area contributed by atoms with E-state index in [4.69, 9.17) is 0 Å². The maximum absolute atomic E-state index is 12.5. The van der Waals surface area contributed by atoms with Crippen LogP contribution in [-0.4, -0.2) is 39.5 Å². The summed E-state index contributed by atoms with van der Waals surface area (Å²) in [5.74, 6) is -0.0469. The van der Waals surface area contributed by atoms with E-state index in [0.29, 0.717) is 24.0 Å². The summed E-state index contributed by atoms with van der Waals surface area (Å²) < 4.78 is 1.51. The molecule has 0 spiro atoms. The molecule has 1 unspecified atom stereocenters. The molecule has 2 aromatic carbocycles. The van der Waals surface area contributed by atoms with E-state index in [1.165, 1.54) is 22.0 Å². The van der Waals surface area contributed by atoms with Crippen molar-refractivity contribution in [2.45, 2.75) is 38.9 Å². The van der Waals surface area contributed by atoms with Crippen molar-refractivity contribution in [3.8, 4) is 0 Å². The molecule has 1 N–H and O–H groups in total. The predicted molar refractivity (Wildman–Crippen MR) is 114 cm³/mol. The van der Waals surface area contributed by atoms with Crippen molar-refractivity contribution in [2.75, 3.05) is 13.1 Å². The van der Waals surface area contributed by atoms with Crippen molar-refractivity contribution in [3.63, 3.8) is 0 Å². The molecule has 2 heterocycles. The van der Waals surface area contributed by atoms with Crippen LogP contribution in [0, 0.1) is 0 Å². The van der Waals surface area contributed by atoms with Gasteiger partial charge in [0.1, 0.15) is 0 Å². The first-order valence-corrected chi connectivity index (χ1v) is 10.1. The SMILES string of the molecule is CC(CNC(=O)CCn1cnc2ccccc2c1=O)N1CCc2ccccc2C1. The number of benzene rings is 2. The van der Waals surface area contributed by atoms with E-state index < -0.39 is 0 Å². The van der Waals surface area contributed by atoms with Gasteiger partial charge in [0, 0.05) is 38.6 Å². The number of aromatic nitrogens is 2. The van der Waals surface area contributed by atoms with Crippen LogP contribution in [0.2, 0.25) is 0 Å². The third kappa shape index (κ3) is 4.38. The molecule has 0 saturated heterocycles.